The van der Waals surface area contributed by atoms with Crippen molar-refractivity contribution in [3.05, 3.63) is 33.8 Å². The number of hydrogen-bond donors (Lipinski definition) is 2. The Morgan fingerprint density at radius 3 is 2.58 bits per heavy atom. The van der Waals surface area contributed by atoms with E-state index < -0.39 is 17.8 Å². The molecule has 0 radical (unpaired) electrons. The highest BCUT2D eigenvalue weighted by molar-refractivity contribution is 6.36. The maximum Gasteiger partial charge on any atom is 0.308 e. The third kappa shape index (κ3) is 4.73. The van der Waals surface area contributed by atoms with Gasteiger partial charge in [0, 0.05) is 11.6 Å². The van der Waals surface area contributed by atoms with Crippen molar-refractivity contribution >= 4 is 35.1 Å². The highest BCUT2D eigenvalue weighted by Crippen LogP contribution is 2.20. The summed E-state index contributed by atoms with van der Waals surface area (Å²) in [7, 11) is 0. The van der Waals surface area contributed by atoms with Gasteiger partial charge >= 0.3 is 5.97 Å². The Morgan fingerprint density at radius 1 is 1.37 bits per heavy atom. The minimum atomic E-state index is -0.913. The van der Waals surface area contributed by atoms with Gasteiger partial charge in [-0.1, -0.05) is 36.5 Å². The topological polar surface area (TPSA) is 66.4 Å². The van der Waals surface area contributed by atoms with Gasteiger partial charge < -0.3 is 10.4 Å². The number of carbonyl (C=O) groups is 2. The summed E-state index contributed by atoms with van der Waals surface area (Å²) in [5.41, 5.74) is 0.284. The molecule has 6 heteroatoms. The highest BCUT2D eigenvalue weighted by Gasteiger charge is 2.18. The van der Waals surface area contributed by atoms with E-state index in [1.165, 1.54) is 12.1 Å². The van der Waals surface area contributed by atoms with E-state index in [-0.39, 0.29) is 17.1 Å². The first-order valence-corrected chi connectivity index (χ1v) is 6.67. The smallest absolute Gasteiger partial charge is 0.308 e. The zero-order chi connectivity index (χ0) is 14.4. The summed E-state index contributed by atoms with van der Waals surface area (Å²) in [6.07, 6.45) is 1.26. The van der Waals surface area contributed by atoms with E-state index in [4.69, 9.17) is 28.3 Å². The molecule has 0 heterocycles. The van der Waals surface area contributed by atoms with Crippen LogP contribution < -0.4 is 5.32 Å². The molecule has 0 bridgehead atoms. The Balaban J connectivity index is 2.66. The van der Waals surface area contributed by atoms with Crippen LogP contribution in [0.3, 0.4) is 0 Å². The van der Waals surface area contributed by atoms with Crippen LogP contribution in [0, 0.1) is 5.92 Å². The molecule has 0 aliphatic carbocycles. The Kier molecular flexibility index (Phi) is 6.12. The third-order valence-corrected chi connectivity index (χ3v) is 3.22. The van der Waals surface area contributed by atoms with E-state index >= 15 is 0 Å². The lowest BCUT2D eigenvalue weighted by Crippen LogP contribution is -2.33. The summed E-state index contributed by atoms with van der Waals surface area (Å²) in [6, 6.07) is 4.54. The van der Waals surface area contributed by atoms with Crippen molar-refractivity contribution in [3.63, 3.8) is 0 Å². The molecule has 0 fully saturated rings. The standard InChI is InChI=1S/C13H15Cl2NO3/c1-2-3-8(13(18)19)7-16-12(17)10-5-4-9(14)6-11(10)15/h4-6,8H,2-3,7H2,1H3,(H,16,17)(H,18,19). The van der Waals surface area contributed by atoms with E-state index in [2.05, 4.69) is 5.32 Å². The molecule has 104 valence electrons. The molecule has 0 saturated carbocycles. The second kappa shape index (κ2) is 7.36. The fourth-order valence-corrected chi connectivity index (χ4v) is 2.14. The van der Waals surface area contributed by atoms with Gasteiger partial charge in [0.25, 0.3) is 5.91 Å². The fraction of sp³-hybridized carbons (Fsp3) is 0.385. The molecule has 1 aromatic rings. The van der Waals surface area contributed by atoms with Crippen molar-refractivity contribution in [1.29, 1.82) is 0 Å². The SMILES string of the molecule is CCCC(CNC(=O)c1ccc(Cl)cc1Cl)C(=O)O. The quantitative estimate of drug-likeness (QED) is 0.848. The molecule has 2 N–H and O–H groups in total. The molecule has 1 rings (SSSR count). The molecule has 0 spiro atoms. The zero-order valence-corrected chi connectivity index (χ0v) is 12.0. The van der Waals surface area contributed by atoms with E-state index in [9.17, 15) is 9.59 Å². The molecule has 1 aromatic carbocycles. The van der Waals surface area contributed by atoms with Gasteiger partial charge in [-0.15, -0.1) is 0 Å². The van der Waals surface area contributed by atoms with E-state index in [1.807, 2.05) is 6.92 Å². The molecule has 0 aliphatic heterocycles. The van der Waals surface area contributed by atoms with Crippen LogP contribution in [-0.4, -0.2) is 23.5 Å². The van der Waals surface area contributed by atoms with E-state index in [0.717, 1.165) is 6.42 Å². The van der Waals surface area contributed by atoms with Crippen LogP contribution in [0.2, 0.25) is 10.0 Å². The van der Waals surface area contributed by atoms with Gasteiger partial charge in [-0.3, -0.25) is 9.59 Å². The van der Waals surface area contributed by atoms with Crippen LogP contribution >= 0.6 is 23.2 Å². The van der Waals surface area contributed by atoms with Crippen LogP contribution in [0.15, 0.2) is 18.2 Å². The number of carboxylic acid groups (broad SMARTS) is 1. The minimum absolute atomic E-state index is 0.0843. The monoisotopic (exact) mass is 303 g/mol. The predicted octanol–water partition coefficient (Wildman–Crippen LogP) is 3.22. The number of carboxylic acids is 1. The summed E-state index contributed by atoms with van der Waals surface area (Å²) in [5.74, 6) is -1.90. The highest BCUT2D eigenvalue weighted by atomic mass is 35.5. The first-order valence-electron chi connectivity index (χ1n) is 5.91. The Bertz CT molecular complexity index is 477. The van der Waals surface area contributed by atoms with Crippen LogP contribution in [0.25, 0.3) is 0 Å². The summed E-state index contributed by atoms with van der Waals surface area (Å²) in [5, 5.41) is 12.2. The summed E-state index contributed by atoms with van der Waals surface area (Å²) >= 11 is 11.6. The molecule has 1 unspecified atom stereocenters. The number of nitrogens with one attached hydrogen (secondary N) is 1. The molecule has 0 aromatic heterocycles. The fourth-order valence-electron chi connectivity index (χ4n) is 1.65. The summed E-state index contributed by atoms with van der Waals surface area (Å²) in [6.45, 7) is 1.98. The molecular weight excluding hydrogens is 289 g/mol. The molecule has 4 nitrogen and oxygen atoms in total. The maximum atomic E-state index is 11.9. The Hall–Kier alpha value is -1.26. The van der Waals surface area contributed by atoms with E-state index in [0.29, 0.717) is 11.4 Å². The van der Waals surface area contributed by atoms with Crippen molar-refractivity contribution in [1.82, 2.24) is 5.32 Å². The molecular formula is C13H15Cl2NO3. The molecule has 0 saturated heterocycles. The van der Waals surface area contributed by atoms with Crippen molar-refractivity contribution in [3.8, 4) is 0 Å². The number of carbonyl (C=O) groups excluding carboxylic acids is 1. The lowest BCUT2D eigenvalue weighted by molar-refractivity contribution is -0.141. The zero-order valence-electron chi connectivity index (χ0n) is 10.5. The van der Waals surface area contributed by atoms with Gasteiger partial charge in [0.2, 0.25) is 0 Å². The third-order valence-electron chi connectivity index (χ3n) is 2.67. The average molecular weight is 304 g/mol. The van der Waals surface area contributed by atoms with Crippen LogP contribution in [0.5, 0.6) is 0 Å². The largest absolute Gasteiger partial charge is 0.481 e. The van der Waals surface area contributed by atoms with Crippen molar-refractivity contribution in [2.24, 2.45) is 5.92 Å². The average Bonchev–Trinajstić information content (AvgIpc) is 2.33. The van der Waals surface area contributed by atoms with Gasteiger partial charge in [0.1, 0.15) is 0 Å². The second-order valence-corrected chi connectivity index (χ2v) is 5.00. The van der Waals surface area contributed by atoms with Crippen molar-refractivity contribution in [2.75, 3.05) is 6.54 Å². The first kappa shape index (κ1) is 15.8. The lowest BCUT2D eigenvalue weighted by atomic mass is 10.0. The number of benzene rings is 1. The minimum Gasteiger partial charge on any atom is -0.481 e. The van der Waals surface area contributed by atoms with Crippen LogP contribution in [-0.2, 0) is 4.79 Å². The van der Waals surface area contributed by atoms with Crippen molar-refractivity contribution < 1.29 is 14.7 Å². The lowest BCUT2D eigenvalue weighted by Gasteiger charge is -2.12. The number of halogens is 2. The Labute approximate surface area is 121 Å². The van der Waals surface area contributed by atoms with Crippen LogP contribution in [0.4, 0.5) is 0 Å². The van der Waals surface area contributed by atoms with Gasteiger partial charge in [0.05, 0.1) is 16.5 Å². The first-order chi connectivity index (χ1) is 8.95. The predicted molar refractivity (Wildman–Crippen MR) is 74.8 cm³/mol. The van der Waals surface area contributed by atoms with Crippen molar-refractivity contribution in [2.45, 2.75) is 19.8 Å². The second-order valence-electron chi connectivity index (χ2n) is 4.16. The summed E-state index contributed by atoms with van der Waals surface area (Å²) in [4.78, 5) is 22.8. The molecule has 0 aliphatic rings. The number of aliphatic carboxylic acids is 1. The Morgan fingerprint density at radius 2 is 2.05 bits per heavy atom. The molecule has 19 heavy (non-hydrogen) atoms. The van der Waals surface area contributed by atoms with Gasteiger partial charge in [-0.25, -0.2) is 0 Å². The van der Waals surface area contributed by atoms with Gasteiger partial charge in [-0.2, -0.15) is 0 Å². The number of rotatable bonds is 6. The van der Waals surface area contributed by atoms with E-state index in [1.54, 1.807) is 6.07 Å². The number of amides is 1. The summed E-state index contributed by atoms with van der Waals surface area (Å²) < 4.78 is 0. The van der Waals surface area contributed by atoms with Crippen LogP contribution in [0.1, 0.15) is 30.1 Å². The normalized spacial score (nSPS) is 11.9. The van der Waals surface area contributed by atoms with Gasteiger partial charge in [-0.05, 0) is 24.6 Å². The molecule has 1 amide bonds. The maximum absolute atomic E-state index is 11.9. The number of hydrogen-bond acceptors (Lipinski definition) is 2. The molecule has 1 atom stereocenters. The van der Waals surface area contributed by atoms with Gasteiger partial charge in [0.15, 0.2) is 0 Å².